The molecule has 1 aliphatic rings. The van der Waals surface area contributed by atoms with Gasteiger partial charge in [0.05, 0.1) is 5.56 Å². The predicted octanol–water partition coefficient (Wildman–Crippen LogP) is 2.47. The summed E-state index contributed by atoms with van der Waals surface area (Å²) in [5, 5.41) is 8.91. The number of aromatic carboxylic acids is 1. The Hall–Kier alpha value is -1.58. The van der Waals surface area contributed by atoms with Gasteiger partial charge in [-0.3, -0.25) is 0 Å². The lowest BCUT2D eigenvalue weighted by Crippen LogP contribution is -2.39. The van der Waals surface area contributed by atoms with Crippen molar-refractivity contribution in [3.63, 3.8) is 0 Å². The molecule has 0 aliphatic carbocycles. The first-order valence-electron chi connectivity index (χ1n) is 5.89. The molecular formula is C13H18N2O2. The highest BCUT2D eigenvalue weighted by Crippen LogP contribution is 2.34. The van der Waals surface area contributed by atoms with Crippen LogP contribution in [0, 0.1) is 6.92 Å². The lowest BCUT2D eigenvalue weighted by Gasteiger charge is -2.33. The van der Waals surface area contributed by atoms with Gasteiger partial charge in [0.15, 0.2) is 0 Å². The van der Waals surface area contributed by atoms with Gasteiger partial charge in [-0.15, -0.1) is 0 Å². The van der Waals surface area contributed by atoms with Gasteiger partial charge in [0.2, 0.25) is 0 Å². The van der Waals surface area contributed by atoms with Crippen LogP contribution in [0.4, 0.5) is 5.82 Å². The molecule has 2 heterocycles. The van der Waals surface area contributed by atoms with E-state index in [1.54, 1.807) is 6.07 Å². The molecule has 1 aliphatic heterocycles. The third kappa shape index (κ3) is 2.12. The first-order valence-corrected chi connectivity index (χ1v) is 5.89. The quantitative estimate of drug-likeness (QED) is 0.854. The van der Waals surface area contributed by atoms with Crippen LogP contribution in [0.15, 0.2) is 12.3 Å². The molecule has 0 unspecified atom stereocenters. The van der Waals surface area contributed by atoms with E-state index in [2.05, 4.69) is 23.7 Å². The van der Waals surface area contributed by atoms with Crippen molar-refractivity contribution < 1.29 is 9.90 Å². The molecule has 0 aromatic carbocycles. The maximum atomic E-state index is 10.9. The van der Waals surface area contributed by atoms with E-state index in [1.165, 1.54) is 6.20 Å². The van der Waals surface area contributed by atoms with Gasteiger partial charge in [-0.1, -0.05) is 0 Å². The van der Waals surface area contributed by atoms with E-state index < -0.39 is 5.97 Å². The van der Waals surface area contributed by atoms with Crippen molar-refractivity contribution in [3.8, 4) is 0 Å². The van der Waals surface area contributed by atoms with Gasteiger partial charge < -0.3 is 10.0 Å². The van der Waals surface area contributed by atoms with E-state index in [-0.39, 0.29) is 11.1 Å². The maximum Gasteiger partial charge on any atom is 0.337 e. The first kappa shape index (κ1) is 11.9. The minimum absolute atomic E-state index is 0.114. The maximum absolute atomic E-state index is 10.9. The molecule has 0 atom stereocenters. The number of hydrogen-bond donors (Lipinski definition) is 1. The van der Waals surface area contributed by atoms with Crippen molar-refractivity contribution in [1.29, 1.82) is 0 Å². The second-order valence-corrected chi connectivity index (χ2v) is 5.24. The Labute approximate surface area is 101 Å². The summed E-state index contributed by atoms with van der Waals surface area (Å²) in [4.78, 5) is 17.5. The minimum atomic E-state index is -0.923. The van der Waals surface area contributed by atoms with Crippen molar-refractivity contribution in [2.75, 3.05) is 11.4 Å². The van der Waals surface area contributed by atoms with Crippen LogP contribution in [0.1, 0.15) is 42.6 Å². The summed E-state index contributed by atoms with van der Waals surface area (Å²) in [5.74, 6) is -0.00895. The summed E-state index contributed by atoms with van der Waals surface area (Å²) < 4.78 is 0. The summed E-state index contributed by atoms with van der Waals surface area (Å²) in [6.45, 7) is 7.31. The van der Waals surface area contributed by atoms with Crippen LogP contribution in [0.5, 0.6) is 0 Å². The molecule has 1 saturated heterocycles. The summed E-state index contributed by atoms with van der Waals surface area (Å²) in [5.41, 5.74) is 1.30. The number of hydrogen-bond acceptors (Lipinski definition) is 3. The second-order valence-electron chi connectivity index (χ2n) is 5.24. The highest BCUT2D eigenvalue weighted by molar-refractivity contribution is 5.87. The number of carbonyl (C=O) groups is 1. The third-order valence-corrected chi connectivity index (χ3v) is 3.45. The monoisotopic (exact) mass is 234 g/mol. The van der Waals surface area contributed by atoms with Crippen molar-refractivity contribution in [3.05, 3.63) is 23.4 Å². The summed E-state index contributed by atoms with van der Waals surface area (Å²) >= 11 is 0. The molecule has 4 nitrogen and oxygen atoms in total. The van der Waals surface area contributed by atoms with Gasteiger partial charge in [0.1, 0.15) is 5.82 Å². The van der Waals surface area contributed by atoms with Crippen LogP contribution in [0.3, 0.4) is 0 Å². The van der Waals surface area contributed by atoms with Gasteiger partial charge in [-0.25, -0.2) is 9.78 Å². The Balaban J connectivity index is 2.37. The molecule has 2 rings (SSSR count). The topological polar surface area (TPSA) is 53.4 Å². The van der Waals surface area contributed by atoms with Crippen molar-refractivity contribution in [2.45, 2.75) is 39.2 Å². The summed E-state index contributed by atoms with van der Waals surface area (Å²) in [7, 11) is 0. The van der Waals surface area contributed by atoms with Crippen LogP contribution < -0.4 is 4.90 Å². The number of nitrogens with zero attached hydrogens (tertiary/aromatic N) is 2. The van der Waals surface area contributed by atoms with Gasteiger partial charge in [0.25, 0.3) is 0 Å². The summed E-state index contributed by atoms with van der Waals surface area (Å²) in [6.07, 6.45) is 3.75. The Morgan fingerprint density at radius 2 is 2.24 bits per heavy atom. The number of aryl methyl sites for hydroxylation is 1. The fourth-order valence-corrected chi connectivity index (χ4v) is 2.47. The molecule has 0 radical (unpaired) electrons. The van der Waals surface area contributed by atoms with Crippen LogP contribution in [0.2, 0.25) is 0 Å². The average molecular weight is 234 g/mol. The smallest absolute Gasteiger partial charge is 0.337 e. The fourth-order valence-electron chi connectivity index (χ4n) is 2.47. The first-order chi connectivity index (χ1) is 7.92. The predicted molar refractivity (Wildman–Crippen MR) is 66.6 cm³/mol. The van der Waals surface area contributed by atoms with E-state index in [4.69, 9.17) is 5.11 Å². The second kappa shape index (κ2) is 4.02. The molecule has 1 fully saturated rings. The van der Waals surface area contributed by atoms with Crippen molar-refractivity contribution in [1.82, 2.24) is 4.98 Å². The molecule has 17 heavy (non-hydrogen) atoms. The number of pyridine rings is 1. The van der Waals surface area contributed by atoms with E-state index >= 15 is 0 Å². The SMILES string of the molecule is Cc1cc(C(=O)O)cnc1N1CCCC1(C)C. The molecular weight excluding hydrogens is 216 g/mol. The van der Waals surface area contributed by atoms with E-state index in [1.807, 2.05) is 6.92 Å². The zero-order valence-corrected chi connectivity index (χ0v) is 10.5. The molecule has 0 amide bonds. The third-order valence-electron chi connectivity index (χ3n) is 3.45. The van der Waals surface area contributed by atoms with E-state index in [9.17, 15) is 4.79 Å². The lowest BCUT2D eigenvalue weighted by atomic mass is 10.0. The molecule has 0 bridgehead atoms. The van der Waals surface area contributed by atoms with Crippen LogP contribution in [-0.2, 0) is 0 Å². The van der Waals surface area contributed by atoms with E-state index in [0.717, 1.165) is 30.8 Å². The van der Waals surface area contributed by atoms with Crippen LogP contribution >= 0.6 is 0 Å². The lowest BCUT2D eigenvalue weighted by molar-refractivity contribution is 0.0696. The molecule has 1 aromatic heterocycles. The molecule has 0 saturated carbocycles. The molecule has 1 aromatic rings. The Bertz CT molecular complexity index is 455. The minimum Gasteiger partial charge on any atom is -0.478 e. The van der Waals surface area contributed by atoms with Gasteiger partial charge in [-0.2, -0.15) is 0 Å². The molecule has 0 spiro atoms. The highest BCUT2D eigenvalue weighted by atomic mass is 16.4. The van der Waals surface area contributed by atoms with Crippen molar-refractivity contribution in [2.24, 2.45) is 0 Å². The number of aromatic nitrogens is 1. The number of carboxylic acid groups (broad SMARTS) is 1. The highest BCUT2D eigenvalue weighted by Gasteiger charge is 2.33. The van der Waals surface area contributed by atoms with Crippen molar-refractivity contribution >= 4 is 11.8 Å². The van der Waals surface area contributed by atoms with Gasteiger partial charge in [0, 0.05) is 18.3 Å². The average Bonchev–Trinajstić information content (AvgIpc) is 2.58. The van der Waals surface area contributed by atoms with Gasteiger partial charge in [-0.05, 0) is 45.2 Å². The zero-order chi connectivity index (χ0) is 12.6. The largest absolute Gasteiger partial charge is 0.478 e. The Kier molecular flexibility index (Phi) is 2.81. The van der Waals surface area contributed by atoms with Crippen LogP contribution in [0.25, 0.3) is 0 Å². The Morgan fingerprint density at radius 3 is 2.71 bits per heavy atom. The normalized spacial score (nSPS) is 18.4. The zero-order valence-electron chi connectivity index (χ0n) is 10.5. The van der Waals surface area contributed by atoms with Crippen LogP contribution in [-0.4, -0.2) is 28.1 Å². The number of rotatable bonds is 2. The van der Waals surface area contributed by atoms with Gasteiger partial charge >= 0.3 is 5.97 Å². The fraction of sp³-hybridized carbons (Fsp3) is 0.538. The molecule has 92 valence electrons. The number of carboxylic acids is 1. The Morgan fingerprint density at radius 1 is 1.53 bits per heavy atom. The standard InChI is InChI=1S/C13H18N2O2/c1-9-7-10(12(16)17)8-14-11(9)15-6-4-5-13(15,2)3/h7-8H,4-6H2,1-3H3,(H,16,17). The molecule has 4 heteroatoms. The van der Waals surface area contributed by atoms with E-state index in [0.29, 0.717) is 0 Å². The summed E-state index contributed by atoms with van der Waals surface area (Å²) in [6, 6.07) is 1.69. The molecule has 1 N–H and O–H groups in total. The number of anilines is 1.